The molecule has 0 aliphatic heterocycles. The van der Waals surface area contributed by atoms with Crippen molar-refractivity contribution >= 4 is 5.78 Å². The van der Waals surface area contributed by atoms with Crippen molar-refractivity contribution in [2.75, 3.05) is 6.61 Å². The smallest absolute Gasteiger partial charge is 0.269 e. The van der Waals surface area contributed by atoms with Gasteiger partial charge in [0.2, 0.25) is 0 Å². The van der Waals surface area contributed by atoms with Crippen LogP contribution in [0.15, 0.2) is 35.3 Å². The van der Waals surface area contributed by atoms with Gasteiger partial charge in [0.05, 0.1) is 12.3 Å². The number of nitrogens with zero attached hydrogens (tertiary/aromatic N) is 1. The zero-order chi connectivity index (χ0) is 15.6. The Bertz CT molecular complexity index is 753. The molecule has 6 heteroatoms. The third-order valence-corrected chi connectivity index (χ3v) is 2.88. The van der Waals surface area contributed by atoms with E-state index in [-0.39, 0.29) is 23.6 Å². The van der Waals surface area contributed by atoms with E-state index < -0.39 is 23.0 Å². The molecule has 0 aliphatic rings. The molecule has 110 valence electrons. The first-order chi connectivity index (χ1) is 9.95. The minimum atomic E-state index is -0.893. The van der Waals surface area contributed by atoms with Crippen molar-refractivity contribution in [3.8, 4) is 11.4 Å². The van der Waals surface area contributed by atoms with Crippen LogP contribution in [0, 0.1) is 11.6 Å². The molecule has 0 spiro atoms. The van der Waals surface area contributed by atoms with Crippen molar-refractivity contribution < 1.29 is 18.3 Å². The molecule has 1 heterocycles. The van der Waals surface area contributed by atoms with Crippen LogP contribution in [-0.4, -0.2) is 17.0 Å². The summed E-state index contributed by atoms with van der Waals surface area (Å²) in [6, 6.07) is 4.25. The summed E-state index contributed by atoms with van der Waals surface area (Å²) in [7, 11) is 0. The number of ether oxygens (including phenoxy) is 1. The normalized spacial score (nSPS) is 10.5. The van der Waals surface area contributed by atoms with Crippen LogP contribution in [0.3, 0.4) is 0 Å². The molecule has 21 heavy (non-hydrogen) atoms. The lowest BCUT2D eigenvalue weighted by Crippen LogP contribution is -2.25. The van der Waals surface area contributed by atoms with Crippen LogP contribution < -0.4 is 10.3 Å². The average molecular weight is 293 g/mol. The summed E-state index contributed by atoms with van der Waals surface area (Å²) >= 11 is 0. The summed E-state index contributed by atoms with van der Waals surface area (Å²) < 4.78 is 32.9. The standard InChI is InChI=1S/C15H13F2NO3/c1-3-21-13-6-7-18(15(20)14(13)9(2)19)12-5-4-10(16)8-11(12)17/h4-8H,3H2,1-2H3. The van der Waals surface area contributed by atoms with Gasteiger partial charge in [-0.15, -0.1) is 0 Å². The van der Waals surface area contributed by atoms with E-state index in [0.29, 0.717) is 6.07 Å². The van der Waals surface area contributed by atoms with Gasteiger partial charge >= 0.3 is 0 Å². The predicted molar refractivity (Wildman–Crippen MR) is 73.1 cm³/mol. The second-order valence-corrected chi connectivity index (χ2v) is 4.32. The fourth-order valence-electron chi connectivity index (χ4n) is 1.99. The zero-order valence-electron chi connectivity index (χ0n) is 11.5. The van der Waals surface area contributed by atoms with Gasteiger partial charge in [-0.3, -0.25) is 14.2 Å². The molecule has 0 unspecified atom stereocenters. The van der Waals surface area contributed by atoms with Gasteiger partial charge in [-0.25, -0.2) is 8.78 Å². The van der Waals surface area contributed by atoms with Gasteiger partial charge in [-0.2, -0.15) is 0 Å². The Morgan fingerprint density at radius 3 is 2.57 bits per heavy atom. The number of rotatable bonds is 4. The number of halogens is 2. The van der Waals surface area contributed by atoms with Gasteiger partial charge in [-0.05, 0) is 32.0 Å². The Balaban J connectivity index is 2.69. The number of hydrogen-bond donors (Lipinski definition) is 0. The van der Waals surface area contributed by atoms with Crippen molar-refractivity contribution in [1.82, 2.24) is 4.57 Å². The Morgan fingerprint density at radius 1 is 1.29 bits per heavy atom. The third-order valence-electron chi connectivity index (χ3n) is 2.88. The lowest BCUT2D eigenvalue weighted by molar-refractivity contribution is 0.101. The quantitative estimate of drug-likeness (QED) is 0.814. The van der Waals surface area contributed by atoms with E-state index in [0.717, 1.165) is 16.7 Å². The number of carbonyl (C=O) groups excluding carboxylic acids is 1. The highest BCUT2D eigenvalue weighted by Crippen LogP contribution is 2.18. The SMILES string of the molecule is CCOc1ccn(-c2ccc(F)cc2F)c(=O)c1C(C)=O. The predicted octanol–water partition coefficient (Wildman–Crippen LogP) is 2.72. The van der Waals surface area contributed by atoms with Crippen molar-refractivity contribution in [1.29, 1.82) is 0 Å². The van der Waals surface area contributed by atoms with Crippen LogP contribution in [0.1, 0.15) is 24.2 Å². The lowest BCUT2D eigenvalue weighted by atomic mass is 10.1. The molecule has 0 radical (unpaired) electrons. The molecule has 0 atom stereocenters. The van der Waals surface area contributed by atoms with Gasteiger partial charge in [0.1, 0.15) is 22.9 Å². The van der Waals surface area contributed by atoms with E-state index in [4.69, 9.17) is 4.74 Å². The summed E-state index contributed by atoms with van der Waals surface area (Å²) in [4.78, 5) is 24.0. The highest BCUT2D eigenvalue weighted by Gasteiger charge is 2.17. The Morgan fingerprint density at radius 2 is 2.00 bits per heavy atom. The molecular weight excluding hydrogens is 280 g/mol. The second-order valence-electron chi connectivity index (χ2n) is 4.32. The fourth-order valence-corrected chi connectivity index (χ4v) is 1.99. The highest BCUT2D eigenvalue weighted by molar-refractivity contribution is 5.96. The van der Waals surface area contributed by atoms with E-state index >= 15 is 0 Å². The van der Waals surface area contributed by atoms with Crippen LogP contribution in [0.2, 0.25) is 0 Å². The first-order valence-electron chi connectivity index (χ1n) is 6.30. The molecule has 0 N–H and O–H groups in total. The molecule has 2 aromatic rings. The van der Waals surface area contributed by atoms with Crippen LogP contribution in [0.25, 0.3) is 5.69 Å². The first-order valence-corrected chi connectivity index (χ1v) is 6.30. The number of carbonyl (C=O) groups is 1. The molecule has 4 nitrogen and oxygen atoms in total. The Labute approximate surface area is 119 Å². The fraction of sp³-hybridized carbons (Fsp3) is 0.200. The Hall–Kier alpha value is -2.50. The topological polar surface area (TPSA) is 48.3 Å². The minimum Gasteiger partial charge on any atom is -0.493 e. The summed E-state index contributed by atoms with van der Waals surface area (Å²) in [6.45, 7) is 3.23. The van der Waals surface area contributed by atoms with E-state index in [9.17, 15) is 18.4 Å². The second kappa shape index (κ2) is 5.87. The average Bonchev–Trinajstić information content (AvgIpc) is 2.40. The maximum absolute atomic E-state index is 13.8. The van der Waals surface area contributed by atoms with Gasteiger partial charge in [0.15, 0.2) is 5.78 Å². The molecule has 0 amide bonds. The first kappa shape index (κ1) is 14.9. The number of Topliss-reactive ketones (excluding diaryl/α,β-unsaturated/α-hetero) is 1. The number of pyridine rings is 1. The maximum atomic E-state index is 13.8. The Kier molecular flexibility index (Phi) is 4.16. The maximum Gasteiger partial charge on any atom is 0.269 e. The summed E-state index contributed by atoms with van der Waals surface area (Å²) in [6.07, 6.45) is 1.29. The monoisotopic (exact) mass is 293 g/mol. The van der Waals surface area contributed by atoms with Crippen molar-refractivity contribution in [3.63, 3.8) is 0 Å². The number of aromatic nitrogens is 1. The van der Waals surface area contributed by atoms with E-state index in [1.165, 1.54) is 19.2 Å². The van der Waals surface area contributed by atoms with Crippen molar-refractivity contribution in [3.05, 3.63) is 58.0 Å². The van der Waals surface area contributed by atoms with Gasteiger partial charge in [0.25, 0.3) is 5.56 Å². The zero-order valence-corrected chi connectivity index (χ0v) is 11.5. The van der Waals surface area contributed by atoms with Gasteiger partial charge in [0, 0.05) is 12.3 Å². The molecule has 1 aromatic heterocycles. The molecule has 0 saturated heterocycles. The molecule has 0 bridgehead atoms. The molecule has 0 fully saturated rings. The molecule has 2 rings (SSSR count). The summed E-state index contributed by atoms with van der Waals surface area (Å²) in [5.41, 5.74) is -1.01. The molecule has 0 saturated carbocycles. The highest BCUT2D eigenvalue weighted by atomic mass is 19.1. The largest absolute Gasteiger partial charge is 0.493 e. The van der Waals surface area contributed by atoms with E-state index in [1.807, 2.05) is 0 Å². The molecular formula is C15H13F2NO3. The van der Waals surface area contributed by atoms with Crippen molar-refractivity contribution in [2.24, 2.45) is 0 Å². The number of benzene rings is 1. The van der Waals surface area contributed by atoms with E-state index in [1.54, 1.807) is 6.92 Å². The van der Waals surface area contributed by atoms with Gasteiger partial charge < -0.3 is 4.74 Å². The van der Waals surface area contributed by atoms with Crippen LogP contribution in [0.4, 0.5) is 8.78 Å². The van der Waals surface area contributed by atoms with E-state index in [2.05, 4.69) is 0 Å². The van der Waals surface area contributed by atoms with Crippen LogP contribution in [-0.2, 0) is 0 Å². The molecule has 1 aromatic carbocycles. The van der Waals surface area contributed by atoms with Crippen molar-refractivity contribution in [2.45, 2.75) is 13.8 Å². The lowest BCUT2D eigenvalue weighted by Gasteiger charge is -2.12. The number of hydrogen-bond acceptors (Lipinski definition) is 3. The third kappa shape index (κ3) is 2.84. The van der Waals surface area contributed by atoms with Crippen LogP contribution >= 0.6 is 0 Å². The summed E-state index contributed by atoms with van der Waals surface area (Å²) in [5.74, 6) is -1.98. The van der Waals surface area contributed by atoms with Gasteiger partial charge in [-0.1, -0.05) is 0 Å². The summed E-state index contributed by atoms with van der Waals surface area (Å²) in [5, 5.41) is 0. The minimum absolute atomic E-state index is 0.132. The molecule has 0 aliphatic carbocycles. The van der Waals surface area contributed by atoms with Crippen LogP contribution in [0.5, 0.6) is 5.75 Å². The number of ketones is 1.